The lowest BCUT2D eigenvalue weighted by molar-refractivity contribution is 0.0523. The van der Waals surface area contributed by atoms with Crippen molar-refractivity contribution < 1.29 is 9.53 Å². The van der Waals surface area contributed by atoms with E-state index >= 15 is 0 Å². The summed E-state index contributed by atoms with van der Waals surface area (Å²) in [5.41, 5.74) is 9.24. The third-order valence-corrected chi connectivity index (χ3v) is 2.57. The molecule has 0 saturated heterocycles. The van der Waals surface area contributed by atoms with E-state index in [1.54, 1.807) is 39.1 Å². The summed E-state index contributed by atoms with van der Waals surface area (Å²) in [6.07, 6.45) is 1.04. The van der Waals surface area contributed by atoms with Crippen molar-refractivity contribution in [1.82, 2.24) is 9.78 Å². The zero-order chi connectivity index (χ0) is 14.8. The zero-order valence-electron chi connectivity index (χ0n) is 11.6. The average Bonchev–Trinajstić information content (AvgIpc) is 2.78. The maximum absolute atomic E-state index is 12.1. The summed E-state index contributed by atoms with van der Waals surface area (Å²) in [5, 5.41) is 8.36. The number of fused-ring (bicyclic) bond motifs is 1. The summed E-state index contributed by atoms with van der Waals surface area (Å²) < 4.78 is 6.50. The van der Waals surface area contributed by atoms with E-state index in [1.165, 1.54) is 4.68 Å². The van der Waals surface area contributed by atoms with Gasteiger partial charge in [-0.2, -0.15) is 9.78 Å². The maximum Gasteiger partial charge on any atom is 0.435 e. The first-order chi connectivity index (χ1) is 9.42. The van der Waals surface area contributed by atoms with Crippen LogP contribution in [0.15, 0.2) is 29.5 Å². The molecule has 7 nitrogen and oxygen atoms in total. The number of carbonyl (C=O) groups is 1. The molecule has 0 spiro atoms. The summed E-state index contributed by atoms with van der Waals surface area (Å²) in [7, 11) is 0. The molecule has 0 fully saturated rings. The Morgan fingerprint density at radius 3 is 2.90 bits per heavy atom. The van der Waals surface area contributed by atoms with Crippen LogP contribution in [-0.2, 0) is 11.3 Å². The molecule has 20 heavy (non-hydrogen) atoms. The van der Waals surface area contributed by atoms with Crippen LogP contribution in [0.1, 0.15) is 26.3 Å². The van der Waals surface area contributed by atoms with E-state index in [0.717, 1.165) is 10.9 Å². The van der Waals surface area contributed by atoms with Gasteiger partial charge < -0.3 is 4.74 Å². The summed E-state index contributed by atoms with van der Waals surface area (Å²) >= 11 is 0. The largest absolute Gasteiger partial charge is 0.442 e. The fraction of sp³-hybridized carbons (Fsp3) is 0.385. The molecule has 2 rings (SSSR count). The SMILES string of the molecule is CC(C)(C)OC(=O)n1ncc2c(CN=[N+]=[N-])cccc21. The van der Waals surface area contributed by atoms with Gasteiger partial charge in [0.05, 0.1) is 18.3 Å². The number of hydrogen-bond acceptors (Lipinski definition) is 4. The topological polar surface area (TPSA) is 92.9 Å². The summed E-state index contributed by atoms with van der Waals surface area (Å²) in [4.78, 5) is 14.8. The number of nitrogens with zero attached hydrogens (tertiary/aromatic N) is 5. The molecule has 0 N–H and O–H groups in total. The number of aromatic nitrogens is 2. The third kappa shape index (κ3) is 2.89. The summed E-state index contributed by atoms with van der Waals surface area (Å²) in [6, 6.07) is 5.39. The van der Waals surface area contributed by atoms with Gasteiger partial charge in [0, 0.05) is 10.3 Å². The third-order valence-electron chi connectivity index (χ3n) is 2.57. The molecule has 0 aliphatic rings. The van der Waals surface area contributed by atoms with E-state index in [2.05, 4.69) is 15.1 Å². The normalized spacial score (nSPS) is 11.2. The highest BCUT2D eigenvalue weighted by Crippen LogP contribution is 2.20. The van der Waals surface area contributed by atoms with Crippen molar-refractivity contribution in [3.63, 3.8) is 0 Å². The summed E-state index contributed by atoms with van der Waals surface area (Å²) in [6.45, 7) is 5.60. The van der Waals surface area contributed by atoms with Gasteiger partial charge in [-0.3, -0.25) is 0 Å². The Hall–Kier alpha value is -2.53. The quantitative estimate of drug-likeness (QED) is 0.475. The van der Waals surface area contributed by atoms with Crippen LogP contribution in [0, 0.1) is 0 Å². The Bertz CT molecular complexity index is 692. The van der Waals surface area contributed by atoms with Crippen molar-refractivity contribution in [2.24, 2.45) is 5.11 Å². The first-order valence-electron chi connectivity index (χ1n) is 6.12. The van der Waals surface area contributed by atoms with Crippen molar-refractivity contribution in [3.8, 4) is 0 Å². The molecule has 104 valence electrons. The zero-order valence-corrected chi connectivity index (χ0v) is 11.6. The molecule has 0 unspecified atom stereocenters. The van der Waals surface area contributed by atoms with E-state index in [4.69, 9.17) is 10.3 Å². The molecule has 0 amide bonds. The van der Waals surface area contributed by atoms with Gasteiger partial charge in [0.25, 0.3) is 0 Å². The van der Waals surface area contributed by atoms with E-state index < -0.39 is 11.7 Å². The van der Waals surface area contributed by atoms with Gasteiger partial charge in [-0.25, -0.2) is 4.79 Å². The summed E-state index contributed by atoms with van der Waals surface area (Å²) in [5.74, 6) is 0. The van der Waals surface area contributed by atoms with Crippen LogP contribution in [0.4, 0.5) is 4.79 Å². The minimum absolute atomic E-state index is 0.216. The molecule has 7 heteroatoms. The van der Waals surface area contributed by atoms with Crippen LogP contribution >= 0.6 is 0 Å². The van der Waals surface area contributed by atoms with Gasteiger partial charge in [-0.05, 0) is 37.9 Å². The molecule has 1 aromatic carbocycles. The number of azide groups is 1. The molecule has 0 radical (unpaired) electrons. The average molecular weight is 273 g/mol. The molecule has 1 heterocycles. The fourth-order valence-corrected chi connectivity index (χ4v) is 1.81. The van der Waals surface area contributed by atoms with E-state index in [0.29, 0.717) is 5.52 Å². The number of ether oxygens (including phenoxy) is 1. The van der Waals surface area contributed by atoms with Gasteiger partial charge in [0.15, 0.2) is 0 Å². The van der Waals surface area contributed by atoms with E-state index in [9.17, 15) is 4.79 Å². The van der Waals surface area contributed by atoms with Gasteiger partial charge in [0.1, 0.15) is 5.60 Å². The van der Waals surface area contributed by atoms with Crippen molar-refractivity contribution in [2.75, 3.05) is 0 Å². The molecule has 0 aliphatic heterocycles. The molecule has 0 atom stereocenters. The first kappa shape index (κ1) is 13.9. The van der Waals surface area contributed by atoms with Crippen LogP contribution in [0.3, 0.4) is 0 Å². The van der Waals surface area contributed by atoms with Crippen molar-refractivity contribution in [1.29, 1.82) is 0 Å². The number of carbonyl (C=O) groups excluding carboxylic acids is 1. The predicted molar refractivity (Wildman–Crippen MR) is 74.2 cm³/mol. The second kappa shape index (κ2) is 5.22. The van der Waals surface area contributed by atoms with Crippen molar-refractivity contribution in [2.45, 2.75) is 32.9 Å². The van der Waals surface area contributed by atoms with Crippen LogP contribution in [0.25, 0.3) is 21.3 Å². The number of benzene rings is 1. The van der Waals surface area contributed by atoms with Gasteiger partial charge in [-0.15, -0.1) is 0 Å². The highest BCUT2D eigenvalue weighted by Gasteiger charge is 2.20. The lowest BCUT2D eigenvalue weighted by atomic mass is 10.1. The smallest absolute Gasteiger partial charge is 0.435 e. The molecule has 0 aliphatic carbocycles. The Morgan fingerprint density at radius 1 is 1.50 bits per heavy atom. The molecule has 0 bridgehead atoms. The van der Waals surface area contributed by atoms with Crippen LogP contribution in [0.2, 0.25) is 0 Å². The lowest BCUT2D eigenvalue weighted by Gasteiger charge is -2.19. The van der Waals surface area contributed by atoms with Crippen molar-refractivity contribution >= 4 is 17.0 Å². The minimum atomic E-state index is -0.585. The van der Waals surface area contributed by atoms with Crippen LogP contribution in [0.5, 0.6) is 0 Å². The monoisotopic (exact) mass is 273 g/mol. The highest BCUT2D eigenvalue weighted by molar-refractivity contribution is 5.89. The Kier molecular flexibility index (Phi) is 3.63. The standard InChI is InChI=1S/C13H15N5O2/c1-13(2,3)20-12(19)18-11-6-4-5-9(7-15-17-14)10(11)8-16-18/h4-6,8H,7H2,1-3H3. The van der Waals surface area contributed by atoms with Crippen molar-refractivity contribution in [3.05, 3.63) is 40.4 Å². The Morgan fingerprint density at radius 2 is 2.25 bits per heavy atom. The van der Waals surface area contributed by atoms with E-state index in [-0.39, 0.29) is 6.54 Å². The first-order valence-corrected chi connectivity index (χ1v) is 6.12. The van der Waals surface area contributed by atoms with Gasteiger partial charge >= 0.3 is 6.09 Å². The van der Waals surface area contributed by atoms with Gasteiger partial charge in [0.2, 0.25) is 0 Å². The van der Waals surface area contributed by atoms with Crippen LogP contribution in [-0.4, -0.2) is 21.5 Å². The fourth-order valence-electron chi connectivity index (χ4n) is 1.81. The van der Waals surface area contributed by atoms with E-state index in [1.807, 2.05) is 6.07 Å². The van der Waals surface area contributed by atoms with Crippen LogP contribution < -0.4 is 0 Å². The second-order valence-electron chi connectivity index (χ2n) is 5.28. The maximum atomic E-state index is 12.1. The Balaban J connectivity index is 2.42. The minimum Gasteiger partial charge on any atom is -0.442 e. The molecule has 2 aromatic rings. The molecular weight excluding hydrogens is 258 g/mol. The number of rotatable bonds is 2. The Labute approximate surface area is 115 Å². The molecule has 0 saturated carbocycles. The predicted octanol–water partition coefficient (Wildman–Crippen LogP) is 3.63. The number of hydrogen-bond donors (Lipinski definition) is 0. The second-order valence-corrected chi connectivity index (χ2v) is 5.28. The molecular formula is C13H15N5O2. The highest BCUT2D eigenvalue weighted by atomic mass is 16.6. The lowest BCUT2D eigenvalue weighted by Crippen LogP contribution is -2.27. The molecule has 1 aromatic heterocycles. The van der Waals surface area contributed by atoms with Gasteiger partial charge in [-0.1, -0.05) is 17.2 Å².